The molecular formula is C11H20O4. The lowest BCUT2D eigenvalue weighted by Gasteiger charge is -2.22. The van der Waals surface area contributed by atoms with Crippen molar-refractivity contribution in [3.63, 3.8) is 0 Å². The summed E-state index contributed by atoms with van der Waals surface area (Å²) >= 11 is 0. The molecule has 0 radical (unpaired) electrons. The van der Waals surface area contributed by atoms with Gasteiger partial charge in [0, 0.05) is 19.6 Å². The fourth-order valence-electron chi connectivity index (χ4n) is 1.57. The normalized spacial score (nSPS) is 21.3. The minimum Gasteiger partial charge on any atom is -0.469 e. The van der Waals surface area contributed by atoms with Crippen molar-refractivity contribution < 1.29 is 19.0 Å². The van der Waals surface area contributed by atoms with E-state index in [0.717, 1.165) is 19.4 Å². The second kappa shape index (κ2) is 7.65. The molecule has 0 N–H and O–H groups in total. The van der Waals surface area contributed by atoms with Crippen LogP contribution in [0.15, 0.2) is 0 Å². The van der Waals surface area contributed by atoms with Gasteiger partial charge in [0.15, 0.2) is 0 Å². The van der Waals surface area contributed by atoms with Gasteiger partial charge in [0.25, 0.3) is 0 Å². The molecule has 1 atom stereocenters. The second-order valence-corrected chi connectivity index (χ2v) is 3.74. The Morgan fingerprint density at radius 3 is 3.00 bits per heavy atom. The van der Waals surface area contributed by atoms with Crippen LogP contribution in [0.5, 0.6) is 0 Å². The van der Waals surface area contributed by atoms with Crippen LogP contribution in [0.1, 0.15) is 32.1 Å². The van der Waals surface area contributed by atoms with Crippen LogP contribution in [0.3, 0.4) is 0 Å². The van der Waals surface area contributed by atoms with E-state index in [1.165, 1.54) is 20.0 Å². The summed E-state index contributed by atoms with van der Waals surface area (Å²) in [6.45, 7) is 2.12. The van der Waals surface area contributed by atoms with Crippen molar-refractivity contribution in [1.29, 1.82) is 0 Å². The molecular weight excluding hydrogens is 196 g/mol. The Hall–Kier alpha value is -0.610. The van der Waals surface area contributed by atoms with Gasteiger partial charge in [-0.3, -0.25) is 4.79 Å². The van der Waals surface area contributed by atoms with Gasteiger partial charge >= 0.3 is 5.97 Å². The van der Waals surface area contributed by atoms with E-state index in [2.05, 4.69) is 4.74 Å². The van der Waals surface area contributed by atoms with Crippen LogP contribution in [-0.4, -0.2) is 39.0 Å². The highest BCUT2D eigenvalue weighted by Crippen LogP contribution is 2.12. The molecule has 4 nitrogen and oxygen atoms in total. The molecule has 1 fully saturated rings. The predicted molar refractivity (Wildman–Crippen MR) is 55.7 cm³/mol. The molecule has 0 bridgehead atoms. The van der Waals surface area contributed by atoms with E-state index < -0.39 is 0 Å². The molecule has 0 amide bonds. The monoisotopic (exact) mass is 216 g/mol. The summed E-state index contributed by atoms with van der Waals surface area (Å²) in [7, 11) is 1.40. The first-order valence-corrected chi connectivity index (χ1v) is 5.59. The molecule has 0 aromatic rings. The maximum atomic E-state index is 10.8. The first-order chi connectivity index (χ1) is 7.33. The molecule has 15 heavy (non-hydrogen) atoms. The minimum absolute atomic E-state index is 0.174. The topological polar surface area (TPSA) is 44.8 Å². The van der Waals surface area contributed by atoms with Gasteiger partial charge in [-0.15, -0.1) is 0 Å². The smallest absolute Gasteiger partial charge is 0.305 e. The van der Waals surface area contributed by atoms with Crippen LogP contribution in [0.25, 0.3) is 0 Å². The molecule has 88 valence electrons. The molecule has 0 aromatic heterocycles. The van der Waals surface area contributed by atoms with Gasteiger partial charge in [-0.25, -0.2) is 0 Å². The Morgan fingerprint density at radius 2 is 2.33 bits per heavy atom. The molecule has 1 aliphatic rings. The molecule has 4 heteroatoms. The molecule has 1 heterocycles. The van der Waals surface area contributed by atoms with Crippen molar-refractivity contribution in [3.05, 3.63) is 0 Å². The van der Waals surface area contributed by atoms with E-state index in [-0.39, 0.29) is 12.1 Å². The van der Waals surface area contributed by atoms with Gasteiger partial charge in [-0.1, -0.05) is 0 Å². The standard InChI is InChI=1S/C11H20O4/c1-13-11(12)6-4-7-14-9-10-5-2-3-8-15-10/h10H,2-9H2,1H3. The lowest BCUT2D eigenvalue weighted by atomic mass is 10.1. The van der Waals surface area contributed by atoms with Crippen LogP contribution in [0, 0.1) is 0 Å². The fourth-order valence-corrected chi connectivity index (χ4v) is 1.57. The van der Waals surface area contributed by atoms with Crippen LogP contribution in [-0.2, 0) is 19.0 Å². The van der Waals surface area contributed by atoms with Crippen molar-refractivity contribution >= 4 is 5.97 Å². The van der Waals surface area contributed by atoms with Crippen molar-refractivity contribution in [2.75, 3.05) is 26.9 Å². The summed E-state index contributed by atoms with van der Waals surface area (Å²) in [4.78, 5) is 10.8. The summed E-state index contributed by atoms with van der Waals surface area (Å²) in [5.74, 6) is -0.174. The molecule has 1 unspecified atom stereocenters. The van der Waals surface area contributed by atoms with E-state index in [0.29, 0.717) is 19.6 Å². The first-order valence-electron chi connectivity index (χ1n) is 5.59. The summed E-state index contributed by atoms with van der Waals surface area (Å²) in [6, 6.07) is 0. The zero-order valence-corrected chi connectivity index (χ0v) is 9.37. The lowest BCUT2D eigenvalue weighted by Crippen LogP contribution is -2.24. The Morgan fingerprint density at radius 1 is 1.47 bits per heavy atom. The molecule has 0 aliphatic carbocycles. The number of methoxy groups -OCH3 is 1. The van der Waals surface area contributed by atoms with E-state index in [1.54, 1.807) is 0 Å². The molecule has 1 saturated heterocycles. The van der Waals surface area contributed by atoms with Gasteiger partial charge in [-0.2, -0.15) is 0 Å². The average Bonchev–Trinajstić information content (AvgIpc) is 2.29. The highest BCUT2D eigenvalue weighted by molar-refractivity contribution is 5.68. The maximum absolute atomic E-state index is 10.8. The average molecular weight is 216 g/mol. The Kier molecular flexibility index (Phi) is 6.36. The Labute approximate surface area is 90.9 Å². The van der Waals surface area contributed by atoms with Crippen LogP contribution in [0.4, 0.5) is 0 Å². The van der Waals surface area contributed by atoms with Crippen molar-refractivity contribution in [2.24, 2.45) is 0 Å². The minimum atomic E-state index is -0.174. The third-order valence-corrected chi connectivity index (χ3v) is 2.47. The van der Waals surface area contributed by atoms with Gasteiger partial charge in [-0.05, 0) is 25.7 Å². The van der Waals surface area contributed by atoms with Gasteiger partial charge in [0.2, 0.25) is 0 Å². The lowest BCUT2D eigenvalue weighted by molar-refractivity contribution is -0.141. The van der Waals surface area contributed by atoms with E-state index >= 15 is 0 Å². The number of carbonyl (C=O) groups excluding carboxylic acids is 1. The largest absolute Gasteiger partial charge is 0.469 e. The fraction of sp³-hybridized carbons (Fsp3) is 0.909. The SMILES string of the molecule is COC(=O)CCCOCC1CCCCO1. The zero-order chi connectivity index (χ0) is 10.9. The number of ether oxygens (including phenoxy) is 3. The summed E-state index contributed by atoms with van der Waals surface area (Å²) in [5.41, 5.74) is 0. The van der Waals surface area contributed by atoms with Gasteiger partial charge in [0.05, 0.1) is 19.8 Å². The van der Waals surface area contributed by atoms with E-state index in [1.807, 2.05) is 0 Å². The Balaban J connectivity index is 1.89. The number of carbonyl (C=O) groups is 1. The second-order valence-electron chi connectivity index (χ2n) is 3.74. The van der Waals surface area contributed by atoms with Crippen LogP contribution >= 0.6 is 0 Å². The van der Waals surface area contributed by atoms with Crippen molar-refractivity contribution in [3.8, 4) is 0 Å². The number of hydrogen-bond donors (Lipinski definition) is 0. The van der Waals surface area contributed by atoms with Crippen LogP contribution < -0.4 is 0 Å². The van der Waals surface area contributed by atoms with Gasteiger partial charge < -0.3 is 14.2 Å². The summed E-state index contributed by atoms with van der Waals surface area (Å²) < 4.78 is 15.5. The molecule has 0 aromatic carbocycles. The Bertz CT molecular complexity index is 175. The first kappa shape index (κ1) is 12.5. The molecule has 1 aliphatic heterocycles. The highest BCUT2D eigenvalue weighted by atomic mass is 16.5. The predicted octanol–water partition coefficient (Wildman–Crippen LogP) is 1.53. The summed E-state index contributed by atoms with van der Waals surface area (Å²) in [6.07, 6.45) is 4.91. The van der Waals surface area contributed by atoms with Crippen molar-refractivity contribution in [1.82, 2.24) is 0 Å². The number of esters is 1. The third kappa shape index (κ3) is 5.74. The molecule has 1 rings (SSSR count). The number of rotatable bonds is 6. The van der Waals surface area contributed by atoms with E-state index in [9.17, 15) is 4.79 Å². The highest BCUT2D eigenvalue weighted by Gasteiger charge is 2.13. The van der Waals surface area contributed by atoms with E-state index in [4.69, 9.17) is 9.47 Å². The molecule has 0 spiro atoms. The molecule has 0 saturated carbocycles. The van der Waals surface area contributed by atoms with Crippen molar-refractivity contribution in [2.45, 2.75) is 38.2 Å². The summed E-state index contributed by atoms with van der Waals surface area (Å²) in [5, 5.41) is 0. The van der Waals surface area contributed by atoms with Crippen LogP contribution in [0.2, 0.25) is 0 Å². The maximum Gasteiger partial charge on any atom is 0.305 e. The third-order valence-electron chi connectivity index (χ3n) is 2.47. The zero-order valence-electron chi connectivity index (χ0n) is 9.37. The number of hydrogen-bond acceptors (Lipinski definition) is 4. The van der Waals surface area contributed by atoms with Gasteiger partial charge in [0.1, 0.15) is 0 Å². The quantitative estimate of drug-likeness (QED) is 0.499.